The van der Waals surface area contributed by atoms with Gasteiger partial charge in [-0.3, -0.25) is 0 Å². The molecule has 2 N–H and O–H groups in total. The highest BCUT2D eigenvalue weighted by atomic mass is 35.5. The molecule has 0 unspecified atom stereocenters. The van der Waals surface area contributed by atoms with Crippen LogP contribution >= 0.6 is 11.6 Å². The summed E-state index contributed by atoms with van der Waals surface area (Å²) in [6, 6.07) is 23.0. The zero-order valence-corrected chi connectivity index (χ0v) is 19.2. The first kappa shape index (κ1) is 21.8. The molecule has 0 saturated carbocycles. The van der Waals surface area contributed by atoms with Gasteiger partial charge in [0.1, 0.15) is 11.5 Å². The highest BCUT2D eigenvalue weighted by molar-refractivity contribution is 6.30. The minimum Gasteiger partial charge on any atom is -0.493 e. The molecule has 5 nitrogen and oxygen atoms in total. The van der Waals surface area contributed by atoms with Crippen LogP contribution in [0.3, 0.4) is 0 Å². The first-order valence-electron chi connectivity index (χ1n) is 10.7. The van der Waals surface area contributed by atoms with Crippen molar-refractivity contribution < 1.29 is 9.13 Å². The maximum Gasteiger partial charge on any atom is 0.208 e. The first-order valence-corrected chi connectivity index (χ1v) is 11.1. The number of ether oxygens (including phenoxy) is 1. The Morgan fingerprint density at radius 3 is 2.68 bits per heavy atom. The Labute approximate surface area is 201 Å². The fourth-order valence-corrected chi connectivity index (χ4v) is 4.11. The van der Waals surface area contributed by atoms with E-state index in [-0.39, 0.29) is 5.02 Å². The van der Waals surface area contributed by atoms with Gasteiger partial charge in [-0.15, -0.1) is 0 Å². The van der Waals surface area contributed by atoms with Crippen molar-refractivity contribution in [3.05, 3.63) is 113 Å². The van der Waals surface area contributed by atoms with Crippen LogP contribution in [0.4, 0.5) is 10.1 Å². The van der Waals surface area contributed by atoms with Crippen LogP contribution in [0.25, 0.3) is 22.2 Å². The van der Waals surface area contributed by atoms with Crippen molar-refractivity contribution in [1.82, 2.24) is 9.88 Å². The van der Waals surface area contributed by atoms with Crippen molar-refractivity contribution >= 4 is 34.2 Å². The van der Waals surface area contributed by atoms with Crippen molar-refractivity contribution in [3.63, 3.8) is 0 Å². The summed E-state index contributed by atoms with van der Waals surface area (Å²) in [7, 11) is 1.57. The second-order valence-electron chi connectivity index (χ2n) is 7.90. The van der Waals surface area contributed by atoms with E-state index in [0.717, 1.165) is 33.4 Å². The lowest BCUT2D eigenvalue weighted by molar-refractivity contribution is 0.287. The number of guanidine groups is 1. The maximum absolute atomic E-state index is 13.7. The number of fused-ring (bicyclic) bond motifs is 1. The van der Waals surface area contributed by atoms with E-state index in [1.165, 1.54) is 6.07 Å². The van der Waals surface area contributed by atoms with Gasteiger partial charge >= 0.3 is 0 Å². The first-order chi connectivity index (χ1) is 16.5. The molecule has 0 amide bonds. The van der Waals surface area contributed by atoms with Gasteiger partial charge in [0, 0.05) is 16.6 Å². The molecule has 0 saturated heterocycles. The van der Waals surface area contributed by atoms with Gasteiger partial charge in [-0.2, -0.15) is 0 Å². The third-order valence-electron chi connectivity index (χ3n) is 5.62. The van der Waals surface area contributed by atoms with E-state index in [4.69, 9.17) is 16.3 Å². The van der Waals surface area contributed by atoms with Crippen LogP contribution in [0.1, 0.15) is 5.56 Å². The second-order valence-corrected chi connectivity index (χ2v) is 8.30. The molecule has 2 heterocycles. The van der Waals surface area contributed by atoms with Crippen LogP contribution in [0.5, 0.6) is 0 Å². The molecule has 0 bridgehead atoms. The lowest BCUT2D eigenvalue weighted by Gasteiger charge is -2.28. The number of halogens is 2. The third-order valence-corrected chi connectivity index (χ3v) is 5.91. The predicted molar refractivity (Wildman–Crippen MR) is 136 cm³/mol. The molecule has 1 aliphatic rings. The fourth-order valence-electron chi connectivity index (χ4n) is 3.91. The quantitative estimate of drug-likeness (QED) is 0.331. The van der Waals surface area contributed by atoms with E-state index in [2.05, 4.69) is 40.1 Å². The Bertz CT molecular complexity index is 1440. The summed E-state index contributed by atoms with van der Waals surface area (Å²) in [5.41, 5.74) is 5.36. The SMILES string of the molecule is C=C1N=C(Nc2cccc3[nH]c(-c4ccccc4)cc23)N(Cc2ccc(F)c(Cl)c2)C=C1OC. The molecule has 5 rings (SSSR count). The highest BCUT2D eigenvalue weighted by Crippen LogP contribution is 2.30. The van der Waals surface area contributed by atoms with Crippen molar-refractivity contribution in [2.45, 2.75) is 6.54 Å². The van der Waals surface area contributed by atoms with Gasteiger partial charge in [0.05, 0.1) is 30.6 Å². The fraction of sp³-hybridized carbons (Fsp3) is 0.0741. The van der Waals surface area contributed by atoms with Crippen LogP contribution in [0.2, 0.25) is 5.02 Å². The molecule has 0 atom stereocenters. The van der Waals surface area contributed by atoms with Gasteiger partial charge in [-0.25, -0.2) is 9.38 Å². The summed E-state index contributed by atoms with van der Waals surface area (Å²) >= 11 is 6.00. The predicted octanol–water partition coefficient (Wildman–Crippen LogP) is 6.91. The van der Waals surface area contributed by atoms with Crippen LogP contribution in [-0.2, 0) is 11.3 Å². The van der Waals surface area contributed by atoms with Gasteiger partial charge in [0.25, 0.3) is 0 Å². The highest BCUT2D eigenvalue weighted by Gasteiger charge is 2.21. The van der Waals surface area contributed by atoms with Crippen molar-refractivity contribution in [2.24, 2.45) is 4.99 Å². The molecule has 1 aliphatic heterocycles. The minimum absolute atomic E-state index is 0.0758. The van der Waals surface area contributed by atoms with Crippen LogP contribution in [0.15, 0.2) is 102 Å². The van der Waals surface area contributed by atoms with Gasteiger partial charge in [-0.1, -0.05) is 60.6 Å². The average molecular weight is 473 g/mol. The molecular weight excluding hydrogens is 451 g/mol. The Morgan fingerprint density at radius 2 is 1.91 bits per heavy atom. The number of rotatable bonds is 5. The molecule has 4 aromatic rings. The summed E-state index contributed by atoms with van der Waals surface area (Å²) in [5, 5.41) is 4.55. The van der Waals surface area contributed by atoms with Gasteiger partial charge in [0.2, 0.25) is 5.96 Å². The lowest BCUT2D eigenvalue weighted by Crippen LogP contribution is -2.34. The molecule has 0 aliphatic carbocycles. The molecule has 7 heteroatoms. The topological polar surface area (TPSA) is 52.7 Å². The molecular formula is C27H22ClFN4O. The average Bonchev–Trinajstić information content (AvgIpc) is 3.29. The number of aromatic nitrogens is 1. The summed E-state index contributed by atoms with van der Waals surface area (Å²) in [4.78, 5) is 10.0. The van der Waals surface area contributed by atoms with Crippen LogP contribution < -0.4 is 5.32 Å². The van der Waals surface area contributed by atoms with Gasteiger partial charge in [-0.05, 0) is 41.5 Å². The summed E-state index contributed by atoms with van der Waals surface area (Å²) < 4.78 is 19.1. The summed E-state index contributed by atoms with van der Waals surface area (Å²) in [6.45, 7) is 4.41. The molecule has 0 radical (unpaired) electrons. The Morgan fingerprint density at radius 1 is 1.09 bits per heavy atom. The number of benzene rings is 3. The van der Waals surface area contributed by atoms with Gasteiger partial charge < -0.3 is 19.9 Å². The zero-order chi connectivity index (χ0) is 23.7. The monoisotopic (exact) mass is 472 g/mol. The van der Waals surface area contributed by atoms with E-state index in [1.807, 2.05) is 47.5 Å². The molecule has 0 fully saturated rings. The number of hydrogen-bond donors (Lipinski definition) is 2. The number of nitrogens with one attached hydrogen (secondary N) is 2. The zero-order valence-electron chi connectivity index (χ0n) is 18.5. The molecule has 0 spiro atoms. The van der Waals surface area contributed by atoms with E-state index in [9.17, 15) is 4.39 Å². The summed E-state index contributed by atoms with van der Waals surface area (Å²) in [5.74, 6) is 0.664. The van der Waals surface area contributed by atoms with Crippen molar-refractivity contribution in [2.75, 3.05) is 12.4 Å². The number of hydrogen-bond acceptors (Lipinski definition) is 4. The molecule has 1 aromatic heterocycles. The van der Waals surface area contributed by atoms with Crippen LogP contribution in [0, 0.1) is 5.82 Å². The number of aliphatic imine (C=N–C) groups is 1. The Hall–Kier alpha value is -4.03. The van der Waals surface area contributed by atoms with E-state index in [0.29, 0.717) is 24.0 Å². The number of nitrogens with zero attached hydrogens (tertiary/aromatic N) is 2. The molecule has 34 heavy (non-hydrogen) atoms. The standard InChI is InChI=1S/C27H22ClFN4O/c1-17-26(34-2)16-33(15-18-11-12-22(29)21(28)13-18)27(30-17)32-24-10-6-9-23-20(24)14-25(31-23)19-7-4-3-5-8-19/h3-14,16,31H,1,15H2,2H3,(H,30,32). The number of methoxy groups -OCH3 is 1. The normalized spacial score (nSPS) is 13.6. The third kappa shape index (κ3) is 4.28. The lowest BCUT2D eigenvalue weighted by atomic mass is 10.1. The molecule has 3 aromatic carbocycles. The van der Waals surface area contributed by atoms with Crippen molar-refractivity contribution in [1.29, 1.82) is 0 Å². The Kier molecular flexibility index (Phi) is 5.82. The second kappa shape index (κ2) is 9.08. The number of H-pyrrole nitrogens is 1. The van der Waals surface area contributed by atoms with Crippen LogP contribution in [-0.4, -0.2) is 23.0 Å². The Balaban J connectivity index is 1.49. The van der Waals surface area contributed by atoms with Gasteiger partial charge in [0.15, 0.2) is 5.76 Å². The number of aromatic amines is 1. The van der Waals surface area contributed by atoms with E-state index in [1.54, 1.807) is 19.2 Å². The van der Waals surface area contributed by atoms with E-state index >= 15 is 0 Å². The van der Waals surface area contributed by atoms with Crippen molar-refractivity contribution in [3.8, 4) is 11.3 Å². The summed E-state index contributed by atoms with van der Waals surface area (Å²) in [6.07, 6.45) is 1.82. The smallest absolute Gasteiger partial charge is 0.208 e. The number of anilines is 1. The largest absolute Gasteiger partial charge is 0.493 e. The molecule has 170 valence electrons. The minimum atomic E-state index is -0.453. The maximum atomic E-state index is 13.7. The van der Waals surface area contributed by atoms with E-state index < -0.39 is 5.82 Å².